The molecule has 112 valence electrons. The Morgan fingerprint density at radius 2 is 1.90 bits per heavy atom. The van der Waals surface area contributed by atoms with Gasteiger partial charge in [0.1, 0.15) is 0 Å². The SMILES string of the molecule is CCNC(CCC1CCCC1)c1ccc(C)c(F)c1F. The van der Waals surface area contributed by atoms with Crippen LogP contribution in [0.3, 0.4) is 0 Å². The fourth-order valence-electron chi connectivity index (χ4n) is 3.25. The maximum atomic E-state index is 14.1. The Kier molecular flexibility index (Phi) is 5.53. The van der Waals surface area contributed by atoms with Crippen LogP contribution in [0.25, 0.3) is 0 Å². The van der Waals surface area contributed by atoms with Crippen molar-refractivity contribution in [2.24, 2.45) is 5.92 Å². The van der Waals surface area contributed by atoms with E-state index in [1.807, 2.05) is 6.92 Å². The molecular formula is C17H25F2N. The summed E-state index contributed by atoms with van der Waals surface area (Å²) in [5, 5.41) is 3.30. The van der Waals surface area contributed by atoms with Gasteiger partial charge in [-0.1, -0.05) is 44.7 Å². The average molecular weight is 281 g/mol. The topological polar surface area (TPSA) is 12.0 Å². The van der Waals surface area contributed by atoms with E-state index in [-0.39, 0.29) is 6.04 Å². The summed E-state index contributed by atoms with van der Waals surface area (Å²) in [5.41, 5.74) is 0.852. The highest BCUT2D eigenvalue weighted by Crippen LogP contribution is 2.32. The van der Waals surface area contributed by atoms with Gasteiger partial charge in [-0.05, 0) is 37.8 Å². The van der Waals surface area contributed by atoms with Crippen LogP contribution < -0.4 is 5.32 Å². The van der Waals surface area contributed by atoms with Gasteiger partial charge in [0.2, 0.25) is 0 Å². The molecule has 1 unspecified atom stereocenters. The number of hydrogen-bond donors (Lipinski definition) is 1. The number of halogens is 2. The lowest BCUT2D eigenvalue weighted by Crippen LogP contribution is -2.23. The second kappa shape index (κ2) is 7.16. The van der Waals surface area contributed by atoms with Gasteiger partial charge < -0.3 is 5.32 Å². The summed E-state index contributed by atoms with van der Waals surface area (Å²) in [7, 11) is 0. The monoisotopic (exact) mass is 281 g/mol. The highest BCUT2D eigenvalue weighted by atomic mass is 19.2. The molecule has 0 heterocycles. The van der Waals surface area contributed by atoms with E-state index >= 15 is 0 Å². The molecule has 0 spiro atoms. The minimum atomic E-state index is -0.703. The first-order valence-corrected chi connectivity index (χ1v) is 7.81. The third kappa shape index (κ3) is 3.57. The highest BCUT2D eigenvalue weighted by Gasteiger charge is 2.21. The Bertz CT molecular complexity index is 439. The van der Waals surface area contributed by atoms with Gasteiger partial charge in [-0.2, -0.15) is 0 Å². The molecule has 0 aliphatic heterocycles. The van der Waals surface area contributed by atoms with Crippen molar-refractivity contribution >= 4 is 0 Å². The molecule has 2 rings (SSSR count). The Hall–Kier alpha value is -0.960. The van der Waals surface area contributed by atoms with Crippen LogP contribution in [-0.2, 0) is 0 Å². The van der Waals surface area contributed by atoms with Gasteiger partial charge in [0.15, 0.2) is 11.6 Å². The first-order chi connectivity index (χ1) is 9.63. The van der Waals surface area contributed by atoms with E-state index in [1.165, 1.54) is 25.7 Å². The van der Waals surface area contributed by atoms with Gasteiger partial charge in [0.25, 0.3) is 0 Å². The number of hydrogen-bond acceptors (Lipinski definition) is 1. The van der Waals surface area contributed by atoms with E-state index in [2.05, 4.69) is 5.32 Å². The molecule has 0 saturated heterocycles. The molecule has 3 heteroatoms. The molecule has 1 nitrogen and oxygen atoms in total. The number of aryl methyl sites for hydroxylation is 1. The molecule has 1 aromatic rings. The van der Waals surface area contributed by atoms with Gasteiger partial charge in [0, 0.05) is 11.6 Å². The zero-order valence-corrected chi connectivity index (χ0v) is 12.5. The Morgan fingerprint density at radius 1 is 1.20 bits per heavy atom. The van der Waals surface area contributed by atoms with Crippen molar-refractivity contribution in [2.45, 2.75) is 58.4 Å². The average Bonchev–Trinajstić information content (AvgIpc) is 2.95. The van der Waals surface area contributed by atoms with Crippen LogP contribution in [0.4, 0.5) is 8.78 Å². The minimum absolute atomic E-state index is 0.0734. The van der Waals surface area contributed by atoms with E-state index in [0.717, 1.165) is 25.3 Å². The van der Waals surface area contributed by atoms with E-state index < -0.39 is 11.6 Å². The fourth-order valence-corrected chi connectivity index (χ4v) is 3.25. The third-order valence-electron chi connectivity index (χ3n) is 4.47. The molecule has 1 saturated carbocycles. The predicted molar refractivity (Wildman–Crippen MR) is 78.7 cm³/mol. The Morgan fingerprint density at radius 3 is 2.55 bits per heavy atom. The van der Waals surface area contributed by atoms with E-state index in [1.54, 1.807) is 19.1 Å². The molecule has 0 aromatic heterocycles. The van der Waals surface area contributed by atoms with Crippen LogP contribution >= 0.6 is 0 Å². The molecular weight excluding hydrogens is 256 g/mol. The summed E-state index contributed by atoms with van der Waals surface area (Å²) >= 11 is 0. The van der Waals surface area contributed by atoms with Crippen molar-refractivity contribution < 1.29 is 8.78 Å². The van der Waals surface area contributed by atoms with Gasteiger partial charge in [-0.25, -0.2) is 8.78 Å². The van der Waals surface area contributed by atoms with Crippen LogP contribution in [0.15, 0.2) is 12.1 Å². The summed E-state index contributed by atoms with van der Waals surface area (Å²) in [5.74, 6) is -0.608. The van der Waals surface area contributed by atoms with Gasteiger partial charge in [-0.15, -0.1) is 0 Å². The summed E-state index contributed by atoms with van der Waals surface area (Å²) in [6.07, 6.45) is 7.23. The summed E-state index contributed by atoms with van der Waals surface area (Å²) in [6.45, 7) is 4.37. The molecule has 20 heavy (non-hydrogen) atoms. The van der Waals surface area contributed by atoms with E-state index in [4.69, 9.17) is 0 Å². The van der Waals surface area contributed by atoms with Crippen LogP contribution in [0.1, 0.15) is 62.6 Å². The summed E-state index contributed by atoms with van der Waals surface area (Å²) < 4.78 is 27.9. The maximum Gasteiger partial charge on any atom is 0.163 e. The standard InChI is InChI=1S/C17H25F2N/c1-3-20-15(11-9-13-6-4-5-7-13)14-10-8-12(2)16(18)17(14)19/h8,10,13,15,20H,3-7,9,11H2,1-2H3. The Labute approximate surface area is 120 Å². The summed E-state index contributed by atoms with van der Waals surface area (Å²) in [4.78, 5) is 0. The van der Waals surface area contributed by atoms with Gasteiger partial charge >= 0.3 is 0 Å². The highest BCUT2D eigenvalue weighted by molar-refractivity contribution is 5.28. The van der Waals surface area contributed by atoms with Crippen molar-refractivity contribution in [3.05, 3.63) is 34.9 Å². The third-order valence-corrected chi connectivity index (χ3v) is 4.47. The van der Waals surface area contributed by atoms with Gasteiger partial charge in [0.05, 0.1) is 0 Å². The zero-order valence-electron chi connectivity index (χ0n) is 12.5. The van der Waals surface area contributed by atoms with Gasteiger partial charge in [-0.3, -0.25) is 0 Å². The van der Waals surface area contributed by atoms with Crippen molar-refractivity contribution in [2.75, 3.05) is 6.54 Å². The van der Waals surface area contributed by atoms with Crippen molar-refractivity contribution in [3.63, 3.8) is 0 Å². The smallest absolute Gasteiger partial charge is 0.163 e. The van der Waals surface area contributed by atoms with Crippen molar-refractivity contribution in [1.29, 1.82) is 0 Å². The van der Waals surface area contributed by atoms with Crippen LogP contribution in [-0.4, -0.2) is 6.54 Å². The van der Waals surface area contributed by atoms with Crippen molar-refractivity contribution in [1.82, 2.24) is 5.32 Å². The molecule has 1 N–H and O–H groups in total. The fraction of sp³-hybridized carbons (Fsp3) is 0.647. The number of nitrogens with one attached hydrogen (secondary N) is 1. The molecule has 0 bridgehead atoms. The van der Waals surface area contributed by atoms with Crippen LogP contribution in [0.5, 0.6) is 0 Å². The molecule has 1 aromatic carbocycles. The molecule has 1 fully saturated rings. The lowest BCUT2D eigenvalue weighted by atomic mass is 9.94. The maximum absolute atomic E-state index is 14.1. The first-order valence-electron chi connectivity index (χ1n) is 7.81. The van der Waals surface area contributed by atoms with Crippen molar-refractivity contribution in [3.8, 4) is 0 Å². The molecule has 1 atom stereocenters. The number of rotatable bonds is 6. The quantitative estimate of drug-likeness (QED) is 0.782. The van der Waals surface area contributed by atoms with E-state index in [0.29, 0.717) is 11.1 Å². The van der Waals surface area contributed by atoms with Crippen LogP contribution in [0.2, 0.25) is 0 Å². The molecule has 1 aliphatic rings. The molecule has 1 aliphatic carbocycles. The second-order valence-electron chi connectivity index (χ2n) is 5.94. The first kappa shape index (κ1) is 15.4. The predicted octanol–water partition coefficient (Wildman–Crippen LogP) is 4.89. The zero-order chi connectivity index (χ0) is 14.5. The lowest BCUT2D eigenvalue weighted by Gasteiger charge is -2.21. The van der Waals surface area contributed by atoms with Crippen LogP contribution in [0, 0.1) is 24.5 Å². The normalized spacial score (nSPS) is 17.6. The van der Waals surface area contributed by atoms with E-state index in [9.17, 15) is 8.78 Å². The molecule has 0 amide bonds. The number of benzene rings is 1. The minimum Gasteiger partial charge on any atom is -0.310 e. The molecule has 0 radical (unpaired) electrons. The largest absolute Gasteiger partial charge is 0.310 e. The Balaban J connectivity index is 2.08. The lowest BCUT2D eigenvalue weighted by molar-refractivity contribution is 0.399. The summed E-state index contributed by atoms with van der Waals surface area (Å²) in [6, 6.07) is 3.33. The second-order valence-corrected chi connectivity index (χ2v) is 5.94.